The van der Waals surface area contributed by atoms with Crippen LogP contribution in [0.4, 0.5) is 13.2 Å². The van der Waals surface area contributed by atoms with Crippen LogP contribution in [0, 0.1) is 6.92 Å². The van der Waals surface area contributed by atoms with Gasteiger partial charge in [0, 0.05) is 18.3 Å². The number of alkyl halides is 3. The summed E-state index contributed by atoms with van der Waals surface area (Å²) < 4.78 is 46.6. The Morgan fingerprint density at radius 3 is 2.62 bits per heavy atom. The number of carbonyl (C=O) groups is 1. The summed E-state index contributed by atoms with van der Waals surface area (Å²) in [6.45, 7) is 1.62. The lowest BCUT2D eigenvalue weighted by Gasteiger charge is -2.08. The van der Waals surface area contributed by atoms with Crippen LogP contribution < -0.4 is 10.3 Å². The maximum atomic E-state index is 12.1. The molecule has 2 heterocycles. The van der Waals surface area contributed by atoms with E-state index in [0.717, 1.165) is 23.8 Å². The van der Waals surface area contributed by atoms with Crippen molar-refractivity contribution in [3.8, 4) is 5.75 Å². The lowest BCUT2D eigenvalue weighted by atomic mass is 10.2. The summed E-state index contributed by atoms with van der Waals surface area (Å²) in [5, 5.41) is 0. The second-order valence-electron chi connectivity index (χ2n) is 6.03. The molecule has 29 heavy (non-hydrogen) atoms. The fourth-order valence-corrected chi connectivity index (χ4v) is 2.52. The molecule has 0 saturated carbocycles. The Morgan fingerprint density at radius 1 is 1.21 bits per heavy atom. The largest absolute Gasteiger partial charge is 0.573 e. The van der Waals surface area contributed by atoms with E-state index in [0.29, 0.717) is 16.9 Å². The minimum atomic E-state index is -4.76. The van der Waals surface area contributed by atoms with Crippen LogP contribution in [0.3, 0.4) is 0 Å². The van der Waals surface area contributed by atoms with Crippen LogP contribution in [-0.4, -0.2) is 21.7 Å². The molecule has 9 heteroatoms. The summed E-state index contributed by atoms with van der Waals surface area (Å²) in [6.07, 6.45) is -0.661. The van der Waals surface area contributed by atoms with Crippen molar-refractivity contribution in [3.63, 3.8) is 0 Å². The lowest BCUT2D eigenvalue weighted by Crippen LogP contribution is -2.17. The SMILES string of the molecule is Cc1cccn2c(=O)cc(COC(=O)/C=C/c3ccc(OC(F)(F)F)cc3)nc12. The molecule has 3 rings (SSSR count). The molecule has 0 atom stereocenters. The average molecular weight is 404 g/mol. The molecule has 150 valence electrons. The summed E-state index contributed by atoms with van der Waals surface area (Å²) in [4.78, 5) is 28.3. The third-order valence-electron chi connectivity index (χ3n) is 3.83. The molecule has 6 nitrogen and oxygen atoms in total. The minimum absolute atomic E-state index is 0.193. The first-order chi connectivity index (χ1) is 13.7. The number of halogens is 3. The lowest BCUT2D eigenvalue weighted by molar-refractivity contribution is -0.274. The molecule has 0 radical (unpaired) electrons. The number of aryl methyl sites for hydroxylation is 1. The van der Waals surface area contributed by atoms with E-state index in [1.807, 2.05) is 13.0 Å². The quantitative estimate of drug-likeness (QED) is 0.480. The smallest absolute Gasteiger partial charge is 0.456 e. The molecule has 0 saturated heterocycles. The molecule has 0 bridgehead atoms. The van der Waals surface area contributed by atoms with E-state index in [1.54, 1.807) is 12.3 Å². The zero-order valence-electron chi connectivity index (χ0n) is 15.1. The zero-order valence-corrected chi connectivity index (χ0v) is 15.1. The predicted molar refractivity (Wildman–Crippen MR) is 98.2 cm³/mol. The monoisotopic (exact) mass is 404 g/mol. The maximum absolute atomic E-state index is 12.1. The summed E-state index contributed by atoms with van der Waals surface area (Å²) in [5.41, 5.74) is 1.77. The highest BCUT2D eigenvalue weighted by atomic mass is 19.4. The van der Waals surface area contributed by atoms with Gasteiger partial charge in [-0.3, -0.25) is 9.20 Å². The highest BCUT2D eigenvalue weighted by Crippen LogP contribution is 2.23. The summed E-state index contributed by atoms with van der Waals surface area (Å²) in [5.74, 6) is -1.05. The minimum Gasteiger partial charge on any atom is -0.456 e. The molecule has 0 N–H and O–H groups in total. The van der Waals surface area contributed by atoms with Crippen molar-refractivity contribution < 1.29 is 27.4 Å². The van der Waals surface area contributed by atoms with Gasteiger partial charge < -0.3 is 9.47 Å². The Kier molecular flexibility index (Phi) is 5.67. The van der Waals surface area contributed by atoms with Crippen molar-refractivity contribution in [1.29, 1.82) is 0 Å². The van der Waals surface area contributed by atoms with Crippen LogP contribution in [0.5, 0.6) is 5.75 Å². The molecular formula is C20H15F3N2O4. The van der Waals surface area contributed by atoms with Crippen molar-refractivity contribution in [3.05, 3.63) is 81.9 Å². The zero-order chi connectivity index (χ0) is 21.0. The summed E-state index contributed by atoms with van der Waals surface area (Å²) in [7, 11) is 0. The Labute approximate surface area is 162 Å². The van der Waals surface area contributed by atoms with E-state index in [4.69, 9.17) is 4.74 Å². The van der Waals surface area contributed by atoms with Gasteiger partial charge in [-0.25, -0.2) is 9.78 Å². The second kappa shape index (κ2) is 8.17. The van der Waals surface area contributed by atoms with Crippen LogP contribution in [0.15, 0.2) is 59.5 Å². The van der Waals surface area contributed by atoms with E-state index in [9.17, 15) is 22.8 Å². The molecule has 0 unspecified atom stereocenters. The molecule has 0 aliphatic heterocycles. The van der Waals surface area contributed by atoms with E-state index in [1.165, 1.54) is 28.7 Å². The Hall–Kier alpha value is -3.62. The number of fused-ring (bicyclic) bond motifs is 1. The standard InChI is InChI=1S/C20H15F3N2O4/c1-13-3-2-10-25-17(26)11-15(24-19(13)25)12-28-18(27)9-6-14-4-7-16(8-5-14)29-20(21,22)23/h2-11H,12H2,1H3/b9-6+. The second-order valence-corrected chi connectivity index (χ2v) is 6.03. The number of benzene rings is 1. The van der Waals surface area contributed by atoms with E-state index < -0.39 is 12.3 Å². The van der Waals surface area contributed by atoms with Gasteiger partial charge in [0.15, 0.2) is 0 Å². The van der Waals surface area contributed by atoms with Crippen LogP contribution in [0.2, 0.25) is 0 Å². The molecular weight excluding hydrogens is 389 g/mol. The van der Waals surface area contributed by atoms with Gasteiger partial charge in [-0.2, -0.15) is 0 Å². The van der Waals surface area contributed by atoms with Gasteiger partial charge in [0.25, 0.3) is 5.56 Å². The number of carbonyl (C=O) groups excluding carboxylic acids is 1. The van der Waals surface area contributed by atoms with Gasteiger partial charge in [-0.15, -0.1) is 13.2 Å². The molecule has 0 fully saturated rings. The number of nitrogens with zero attached hydrogens (tertiary/aromatic N) is 2. The van der Waals surface area contributed by atoms with E-state index in [-0.39, 0.29) is 17.9 Å². The summed E-state index contributed by atoms with van der Waals surface area (Å²) in [6, 6.07) is 9.81. The van der Waals surface area contributed by atoms with Crippen molar-refractivity contribution in [2.75, 3.05) is 0 Å². The molecule has 2 aromatic heterocycles. The third kappa shape index (κ3) is 5.44. The first kappa shape index (κ1) is 20.1. The highest BCUT2D eigenvalue weighted by Gasteiger charge is 2.30. The van der Waals surface area contributed by atoms with Crippen LogP contribution in [0.1, 0.15) is 16.8 Å². The van der Waals surface area contributed by atoms with Gasteiger partial charge >= 0.3 is 12.3 Å². The topological polar surface area (TPSA) is 69.9 Å². The number of rotatable bonds is 5. The Morgan fingerprint density at radius 2 is 1.93 bits per heavy atom. The fraction of sp³-hybridized carbons (Fsp3) is 0.150. The van der Waals surface area contributed by atoms with Crippen molar-refractivity contribution in [1.82, 2.24) is 9.38 Å². The van der Waals surface area contributed by atoms with Gasteiger partial charge in [-0.05, 0) is 42.3 Å². The number of pyridine rings is 1. The molecule has 0 aliphatic rings. The molecule has 0 aliphatic carbocycles. The van der Waals surface area contributed by atoms with Crippen LogP contribution >= 0.6 is 0 Å². The van der Waals surface area contributed by atoms with Gasteiger partial charge in [0.05, 0.1) is 5.69 Å². The Balaban J connectivity index is 1.62. The van der Waals surface area contributed by atoms with Gasteiger partial charge in [0.1, 0.15) is 18.0 Å². The third-order valence-corrected chi connectivity index (χ3v) is 3.83. The van der Waals surface area contributed by atoms with Crippen LogP contribution in [0.25, 0.3) is 11.7 Å². The van der Waals surface area contributed by atoms with Crippen LogP contribution in [-0.2, 0) is 16.1 Å². The average Bonchev–Trinajstić information content (AvgIpc) is 2.65. The van der Waals surface area contributed by atoms with Gasteiger partial charge in [-0.1, -0.05) is 18.2 Å². The number of aromatic nitrogens is 2. The number of ether oxygens (including phenoxy) is 2. The molecule has 3 aromatic rings. The van der Waals surface area contributed by atoms with Crippen molar-refractivity contribution in [2.24, 2.45) is 0 Å². The first-order valence-corrected chi connectivity index (χ1v) is 8.40. The summed E-state index contributed by atoms with van der Waals surface area (Å²) >= 11 is 0. The first-order valence-electron chi connectivity index (χ1n) is 8.40. The molecule has 0 spiro atoms. The fourth-order valence-electron chi connectivity index (χ4n) is 2.52. The maximum Gasteiger partial charge on any atom is 0.573 e. The van der Waals surface area contributed by atoms with E-state index >= 15 is 0 Å². The highest BCUT2D eigenvalue weighted by molar-refractivity contribution is 5.87. The van der Waals surface area contributed by atoms with E-state index in [2.05, 4.69) is 9.72 Å². The Bertz CT molecular complexity index is 1120. The molecule has 1 aromatic carbocycles. The number of hydrogen-bond donors (Lipinski definition) is 0. The van der Waals surface area contributed by atoms with Crippen molar-refractivity contribution >= 4 is 17.7 Å². The normalized spacial score (nSPS) is 11.7. The molecule has 0 amide bonds. The van der Waals surface area contributed by atoms with Crippen molar-refractivity contribution in [2.45, 2.75) is 19.9 Å². The number of hydrogen-bond acceptors (Lipinski definition) is 5. The van der Waals surface area contributed by atoms with Gasteiger partial charge in [0.2, 0.25) is 0 Å². The predicted octanol–water partition coefficient (Wildman–Crippen LogP) is 3.66. The number of esters is 1.